The molecule has 1 heterocycles. The predicted molar refractivity (Wildman–Crippen MR) is 94.7 cm³/mol. The van der Waals surface area contributed by atoms with Gasteiger partial charge in [0, 0.05) is 29.4 Å². The summed E-state index contributed by atoms with van der Waals surface area (Å²) < 4.78 is 5.70. The molecule has 1 saturated heterocycles. The Morgan fingerprint density at radius 1 is 1.13 bits per heavy atom. The van der Waals surface area contributed by atoms with Crippen LogP contribution in [0.15, 0.2) is 48.5 Å². The van der Waals surface area contributed by atoms with Gasteiger partial charge < -0.3 is 15.4 Å². The van der Waals surface area contributed by atoms with Crippen LogP contribution in [-0.2, 0) is 4.74 Å². The lowest BCUT2D eigenvalue weighted by molar-refractivity contribution is 0.0277. The van der Waals surface area contributed by atoms with E-state index in [2.05, 4.69) is 10.6 Å². The van der Waals surface area contributed by atoms with Gasteiger partial charge >= 0.3 is 0 Å². The molecule has 0 aliphatic carbocycles. The average Bonchev–Trinajstić information content (AvgIpc) is 2.57. The Kier molecular flexibility index (Phi) is 6.42. The number of anilines is 1. The summed E-state index contributed by atoms with van der Waals surface area (Å²) in [5, 5.41) is 6.78. The van der Waals surface area contributed by atoms with Gasteiger partial charge in [-0.3, -0.25) is 4.79 Å². The van der Waals surface area contributed by atoms with Crippen LogP contribution in [0.3, 0.4) is 0 Å². The molecule has 0 spiro atoms. The van der Waals surface area contributed by atoms with Crippen molar-refractivity contribution in [1.29, 1.82) is 0 Å². The summed E-state index contributed by atoms with van der Waals surface area (Å²) in [6.45, 7) is 2.43. The smallest absolute Gasteiger partial charge is 0.255 e. The summed E-state index contributed by atoms with van der Waals surface area (Å²) in [5.41, 5.74) is 2.44. The quantitative estimate of drug-likeness (QED) is 0.885. The van der Waals surface area contributed by atoms with Crippen LogP contribution in [-0.4, -0.2) is 25.6 Å². The fraction of sp³-hybridized carbons (Fsp3) is 0.235. The predicted octanol–water partition coefficient (Wildman–Crippen LogP) is 3.68. The fourth-order valence-corrected chi connectivity index (χ4v) is 2.49. The lowest BCUT2D eigenvalue weighted by Crippen LogP contribution is -2.33. The van der Waals surface area contributed by atoms with Crippen molar-refractivity contribution in [3.63, 3.8) is 0 Å². The van der Waals surface area contributed by atoms with Crippen LogP contribution in [0.4, 0.5) is 5.69 Å². The third kappa shape index (κ3) is 4.69. The van der Waals surface area contributed by atoms with Gasteiger partial charge in [-0.05, 0) is 42.0 Å². The molecule has 3 rings (SSSR count). The summed E-state index contributed by atoms with van der Waals surface area (Å²) in [5.74, 6) is -0.153. The number of hydrogen-bond donors (Lipinski definition) is 2. The van der Waals surface area contributed by atoms with Gasteiger partial charge in [0.15, 0.2) is 0 Å². The Bertz CT molecular complexity index is 639. The molecule has 1 fully saturated rings. The zero-order valence-electron chi connectivity index (χ0n) is 12.4. The maximum Gasteiger partial charge on any atom is 0.255 e. The van der Waals surface area contributed by atoms with Gasteiger partial charge in [0.25, 0.3) is 5.91 Å². The van der Waals surface area contributed by atoms with Gasteiger partial charge in [-0.2, -0.15) is 0 Å². The number of benzene rings is 2. The van der Waals surface area contributed by atoms with Gasteiger partial charge in [0.1, 0.15) is 0 Å². The first-order chi connectivity index (χ1) is 10.7. The summed E-state index contributed by atoms with van der Waals surface area (Å²) >= 11 is 5.82. The summed E-state index contributed by atoms with van der Waals surface area (Å²) in [4.78, 5) is 12.1. The number of carbonyl (C=O) groups excluding carboxylic acids is 1. The Labute approximate surface area is 146 Å². The molecule has 122 valence electrons. The van der Waals surface area contributed by atoms with E-state index in [0.29, 0.717) is 10.6 Å². The maximum absolute atomic E-state index is 12.1. The third-order valence-electron chi connectivity index (χ3n) is 3.57. The molecule has 1 aliphatic heterocycles. The van der Waals surface area contributed by atoms with Crippen LogP contribution >= 0.6 is 24.0 Å². The molecule has 0 bridgehead atoms. The minimum atomic E-state index is -0.153. The fourth-order valence-electron chi connectivity index (χ4n) is 2.37. The molecule has 1 amide bonds. The number of morpholine rings is 1. The lowest BCUT2D eigenvalue weighted by Gasteiger charge is -2.24. The first kappa shape index (κ1) is 17.8. The molecule has 0 radical (unpaired) electrons. The summed E-state index contributed by atoms with van der Waals surface area (Å²) in [7, 11) is 0. The van der Waals surface area contributed by atoms with Crippen LogP contribution in [0, 0.1) is 0 Å². The van der Waals surface area contributed by atoms with E-state index in [-0.39, 0.29) is 24.4 Å². The highest BCUT2D eigenvalue weighted by Crippen LogP contribution is 2.21. The summed E-state index contributed by atoms with van der Waals surface area (Å²) in [6, 6.07) is 14.5. The Hall–Kier alpha value is -1.59. The number of carbonyl (C=O) groups is 1. The van der Waals surface area contributed by atoms with Crippen molar-refractivity contribution in [1.82, 2.24) is 5.32 Å². The molecule has 2 N–H and O–H groups in total. The van der Waals surface area contributed by atoms with Crippen LogP contribution in [0.2, 0.25) is 5.02 Å². The number of hydrogen-bond acceptors (Lipinski definition) is 3. The molecule has 6 heteroatoms. The molecular formula is C17H18Cl2N2O2. The van der Waals surface area contributed by atoms with Crippen LogP contribution in [0.5, 0.6) is 0 Å². The van der Waals surface area contributed by atoms with Crippen LogP contribution in [0.25, 0.3) is 0 Å². The van der Waals surface area contributed by atoms with Crippen LogP contribution in [0.1, 0.15) is 22.0 Å². The van der Waals surface area contributed by atoms with Crippen molar-refractivity contribution < 1.29 is 9.53 Å². The second kappa shape index (κ2) is 8.31. The topological polar surface area (TPSA) is 50.4 Å². The van der Waals surface area contributed by atoms with E-state index in [1.54, 1.807) is 24.3 Å². The van der Waals surface area contributed by atoms with Gasteiger partial charge in [-0.15, -0.1) is 12.4 Å². The maximum atomic E-state index is 12.1. The molecule has 1 aliphatic rings. The van der Waals surface area contributed by atoms with Crippen molar-refractivity contribution in [2.75, 3.05) is 25.0 Å². The zero-order valence-corrected chi connectivity index (χ0v) is 14.0. The largest absolute Gasteiger partial charge is 0.371 e. The van der Waals surface area contributed by atoms with Crippen molar-refractivity contribution >= 4 is 35.6 Å². The first-order valence-corrected chi connectivity index (χ1v) is 7.59. The highest BCUT2D eigenvalue weighted by molar-refractivity contribution is 6.30. The lowest BCUT2D eigenvalue weighted by atomic mass is 10.1. The van der Waals surface area contributed by atoms with Crippen molar-refractivity contribution in [3.05, 3.63) is 64.7 Å². The second-order valence-electron chi connectivity index (χ2n) is 5.15. The normalized spacial score (nSPS) is 17.2. The van der Waals surface area contributed by atoms with Gasteiger partial charge in [0.2, 0.25) is 0 Å². The highest BCUT2D eigenvalue weighted by atomic mass is 35.5. The first-order valence-electron chi connectivity index (χ1n) is 7.21. The highest BCUT2D eigenvalue weighted by Gasteiger charge is 2.15. The number of halogens is 2. The van der Waals surface area contributed by atoms with E-state index in [4.69, 9.17) is 16.3 Å². The van der Waals surface area contributed by atoms with E-state index in [1.165, 1.54) is 0 Å². The van der Waals surface area contributed by atoms with Crippen molar-refractivity contribution in [3.8, 4) is 0 Å². The van der Waals surface area contributed by atoms with E-state index in [9.17, 15) is 4.79 Å². The Morgan fingerprint density at radius 2 is 1.83 bits per heavy atom. The van der Waals surface area contributed by atoms with Crippen molar-refractivity contribution in [2.45, 2.75) is 6.10 Å². The number of ether oxygens (including phenoxy) is 1. The number of rotatable bonds is 3. The minimum absolute atomic E-state index is 0. The minimum Gasteiger partial charge on any atom is -0.371 e. The average molecular weight is 353 g/mol. The third-order valence-corrected chi connectivity index (χ3v) is 3.83. The molecular weight excluding hydrogens is 335 g/mol. The van der Waals surface area contributed by atoms with E-state index >= 15 is 0 Å². The van der Waals surface area contributed by atoms with Crippen LogP contribution < -0.4 is 10.6 Å². The molecule has 1 atom stereocenters. The summed E-state index contributed by atoms with van der Waals surface area (Å²) in [6.07, 6.45) is 0.0785. The molecule has 0 saturated carbocycles. The van der Waals surface area contributed by atoms with E-state index in [0.717, 1.165) is 30.9 Å². The van der Waals surface area contributed by atoms with E-state index < -0.39 is 0 Å². The van der Waals surface area contributed by atoms with E-state index in [1.807, 2.05) is 24.3 Å². The number of amides is 1. The van der Waals surface area contributed by atoms with Gasteiger partial charge in [-0.25, -0.2) is 0 Å². The molecule has 4 nitrogen and oxygen atoms in total. The SMILES string of the molecule is Cl.O=C(Nc1ccc([C@H]2CNCCO2)cc1)c1ccc(Cl)cc1. The Balaban J connectivity index is 0.00000192. The monoisotopic (exact) mass is 352 g/mol. The van der Waals surface area contributed by atoms with Gasteiger partial charge in [-0.1, -0.05) is 23.7 Å². The molecule has 0 aromatic heterocycles. The van der Waals surface area contributed by atoms with Crippen molar-refractivity contribution in [2.24, 2.45) is 0 Å². The molecule has 2 aromatic carbocycles. The Morgan fingerprint density at radius 3 is 2.43 bits per heavy atom. The second-order valence-corrected chi connectivity index (χ2v) is 5.58. The standard InChI is InChI=1S/C17H17ClN2O2.ClH/c18-14-5-1-13(2-6-14)17(21)20-15-7-3-12(4-8-15)16-11-19-9-10-22-16;/h1-8,16,19H,9-11H2,(H,20,21);1H/t16-;/m1./s1. The zero-order chi connectivity index (χ0) is 15.4. The molecule has 2 aromatic rings. The number of nitrogens with one attached hydrogen (secondary N) is 2. The molecule has 23 heavy (non-hydrogen) atoms. The van der Waals surface area contributed by atoms with Gasteiger partial charge in [0.05, 0.1) is 12.7 Å². The molecule has 0 unspecified atom stereocenters.